The molecule has 0 spiro atoms. The van der Waals surface area contributed by atoms with Crippen molar-refractivity contribution >= 4 is 16.7 Å². The Labute approximate surface area is 212 Å². The third-order valence-electron chi connectivity index (χ3n) is 6.79. The number of pyridine rings is 1. The van der Waals surface area contributed by atoms with Gasteiger partial charge in [-0.3, -0.25) is 4.90 Å². The van der Waals surface area contributed by atoms with Crippen molar-refractivity contribution in [2.24, 2.45) is 7.05 Å². The van der Waals surface area contributed by atoms with Crippen molar-refractivity contribution in [3.63, 3.8) is 0 Å². The molecule has 5 aromatic rings. The highest BCUT2D eigenvalue weighted by Gasteiger charge is 2.22. The number of aliphatic hydroxyl groups excluding tert-OH is 2. The zero-order chi connectivity index (χ0) is 25.2. The standard InChI is InChI=1S/C32H31N2O2/c1-33(2)32-30(18-27-17-28(20-35)29(21-36)19-31(27)34(32)3)26-15-24(22-10-6-4-7-11-22)14-25(16-26)23-12-8-5-9-13-23/h4-19,35-36H,20-21H2,1-3H3/q+1. The summed E-state index contributed by atoms with van der Waals surface area (Å²) < 4.78 is 2.17. The lowest BCUT2D eigenvalue weighted by Crippen LogP contribution is -2.37. The van der Waals surface area contributed by atoms with Gasteiger partial charge in [-0.2, -0.15) is 0 Å². The molecule has 5 rings (SSSR count). The van der Waals surface area contributed by atoms with E-state index in [2.05, 4.69) is 103 Å². The van der Waals surface area contributed by atoms with Crippen molar-refractivity contribution in [1.82, 2.24) is 0 Å². The van der Waals surface area contributed by atoms with Gasteiger partial charge < -0.3 is 10.2 Å². The van der Waals surface area contributed by atoms with Gasteiger partial charge in [0.1, 0.15) is 5.52 Å². The predicted molar refractivity (Wildman–Crippen MR) is 148 cm³/mol. The minimum Gasteiger partial charge on any atom is -0.392 e. The molecule has 2 N–H and O–H groups in total. The average molecular weight is 476 g/mol. The molecule has 0 fully saturated rings. The van der Waals surface area contributed by atoms with Crippen LogP contribution in [0.1, 0.15) is 11.1 Å². The number of hydrogen-bond acceptors (Lipinski definition) is 3. The van der Waals surface area contributed by atoms with Crippen molar-refractivity contribution in [3.05, 3.63) is 108 Å². The summed E-state index contributed by atoms with van der Waals surface area (Å²) >= 11 is 0. The summed E-state index contributed by atoms with van der Waals surface area (Å²) in [4.78, 5) is 2.13. The normalized spacial score (nSPS) is 11.1. The highest BCUT2D eigenvalue weighted by atomic mass is 16.3. The molecule has 0 radical (unpaired) electrons. The van der Waals surface area contributed by atoms with Gasteiger partial charge in [-0.1, -0.05) is 60.7 Å². The van der Waals surface area contributed by atoms with Crippen molar-refractivity contribution in [2.75, 3.05) is 19.0 Å². The number of aromatic nitrogens is 1. The molecule has 1 heterocycles. The molecule has 36 heavy (non-hydrogen) atoms. The molecule has 180 valence electrons. The average Bonchev–Trinajstić information content (AvgIpc) is 2.92. The molecule has 0 unspecified atom stereocenters. The Bertz CT molecular complexity index is 1470. The molecule has 4 aromatic carbocycles. The number of benzene rings is 4. The number of fused-ring (bicyclic) bond motifs is 1. The molecular weight excluding hydrogens is 444 g/mol. The third-order valence-corrected chi connectivity index (χ3v) is 6.79. The second-order valence-corrected chi connectivity index (χ2v) is 9.36. The smallest absolute Gasteiger partial charge is 0.284 e. The Kier molecular flexibility index (Phi) is 6.55. The fourth-order valence-electron chi connectivity index (χ4n) is 5.04. The van der Waals surface area contributed by atoms with Crippen LogP contribution in [0.2, 0.25) is 0 Å². The van der Waals surface area contributed by atoms with Crippen molar-refractivity contribution in [1.29, 1.82) is 0 Å². The minimum atomic E-state index is -0.109. The van der Waals surface area contributed by atoms with E-state index in [1.807, 2.05) is 24.3 Å². The lowest BCUT2D eigenvalue weighted by molar-refractivity contribution is -0.631. The Morgan fingerprint density at radius 3 is 1.61 bits per heavy atom. The second-order valence-electron chi connectivity index (χ2n) is 9.36. The van der Waals surface area contributed by atoms with Gasteiger partial charge in [0.2, 0.25) is 0 Å². The quantitative estimate of drug-likeness (QED) is 0.309. The molecule has 0 saturated heterocycles. The van der Waals surface area contributed by atoms with Gasteiger partial charge in [0.15, 0.2) is 0 Å². The Balaban J connectivity index is 1.82. The topological polar surface area (TPSA) is 47.6 Å². The lowest BCUT2D eigenvalue weighted by atomic mass is 9.92. The fraction of sp³-hybridized carbons (Fsp3) is 0.156. The second kappa shape index (κ2) is 9.94. The molecule has 0 bridgehead atoms. The summed E-state index contributed by atoms with van der Waals surface area (Å²) in [5.41, 5.74) is 9.38. The van der Waals surface area contributed by atoms with Crippen molar-refractivity contribution < 1.29 is 14.8 Å². The molecule has 1 aromatic heterocycles. The van der Waals surface area contributed by atoms with E-state index in [0.29, 0.717) is 0 Å². The van der Waals surface area contributed by atoms with Crippen LogP contribution in [0.5, 0.6) is 0 Å². The zero-order valence-electron chi connectivity index (χ0n) is 20.9. The first-order valence-electron chi connectivity index (χ1n) is 12.1. The fourth-order valence-corrected chi connectivity index (χ4v) is 5.04. The zero-order valence-corrected chi connectivity index (χ0v) is 20.9. The van der Waals surface area contributed by atoms with E-state index in [1.54, 1.807) is 0 Å². The van der Waals surface area contributed by atoms with E-state index in [1.165, 1.54) is 11.1 Å². The molecule has 0 aliphatic heterocycles. The number of anilines is 1. The van der Waals surface area contributed by atoms with Crippen LogP contribution in [0.4, 0.5) is 5.82 Å². The summed E-state index contributed by atoms with van der Waals surface area (Å²) in [7, 11) is 6.16. The SMILES string of the molecule is CN(C)c1c(-c2cc(-c3ccccc3)cc(-c3ccccc3)c2)cc2cc(CO)c(CO)cc2[n+]1C. The lowest BCUT2D eigenvalue weighted by Gasteiger charge is -2.18. The Hall–Kier alpha value is -3.99. The first-order valence-corrected chi connectivity index (χ1v) is 12.1. The summed E-state index contributed by atoms with van der Waals surface area (Å²) in [5, 5.41) is 20.8. The van der Waals surface area contributed by atoms with E-state index in [4.69, 9.17) is 0 Å². The number of nitrogens with zero attached hydrogens (tertiary/aromatic N) is 2. The van der Waals surface area contributed by atoms with Crippen LogP contribution in [0, 0.1) is 0 Å². The highest BCUT2D eigenvalue weighted by molar-refractivity contribution is 5.90. The van der Waals surface area contributed by atoms with Gasteiger partial charge in [0.25, 0.3) is 5.82 Å². The molecule has 0 amide bonds. The van der Waals surface area contributed by atoms with Gasteiger partial charge in [0.05, 0.1) is 39.9 Å². The number of aryl methyl sites for hydroxylation is 1. The first kappa shape index (κ1) is 23.7. The van der Waals surface area contributed by atoms with Crippen LogP contribution >= 0.6 is 0 Å². The molecule has 4 heteroatoms. The van der Waals surface area contributed by atoms with E-state index >= 15 is 0 Å². The number of rotatable bonds is 6. The Morgan fingerprint density at radius 1 is 0.611 bits per heavy atom. The monoisotopic (exact) mass is 475 g/mol. The van der Waals surface area contributed by atoms with Crippen LogP contribution in [0.15, 0.2) is 97.1 Å². The van der Waals surface area contributed by atoms with Gasteiger partial charge in [-0.15, -0.1) is 0 Å². The van der Waals surface area contributed by atoms with E-state index in [9.17, 15) is 10.2 Å². The van der Waals surface area contributed by atoms with Crippen LogP contribution in [0.3, 0.4) is 0 Å². The van der Waals surface area contributed by atoms with Crippen molar-refractivity contribution in [3.8, 4) is 33.4 Å². The molecule has 0 atom stereocenters. The predicted octanol–water partition coefficient (Wildman–Crippen LogP) is 5.72. The Morgan fingerprint density at radius 2 is 1.11 bits per heavy atom. The maximum Gasteiger partial charge on any atom is 0.284 e. The summed E-state index contributed by atoms with van der Waals surface area (Å²) in [6.45, 7) is -0.216. The number of hydrogen-bond donors (Lipinski definition) is 2. The van der Waals surface area contributed by atoms with Crippen molar-refractivity contribution in [2.45, 2.75) is 13.2 Å². The van der Waals surface area contributed by atoms with Gasteiger partial charge in [-0.05, 0) is 75.3 Å². The third kappa shape index (κ3) is 4.37. The molecular formula is C32H31N2O2+. The minimum absolute atomic E-state index is 0.107. The highest BCUT2D eigenvalue weighted by Crippen LogP contribution is 2.37. The van der Waals surface area contributed by atoms with E-state index < -0.39 is 0 Å². The maximum absolute atomic E-state index is 9.91. The van der Waals surface area contributed by atoms with Gasteiger partial charge >= 0.3 is 0 Å². The molecule has 4 nitrogen and oxygen atoms in total. The van der Waals surface area contributed by atoms with Crippen LogP contribution in [-0.2, 0) is 20.3 Å². The molecule has 0 aliphatic rings. The molecule has 0 aliphatic carbocycles. The van der Waals surface area contributed by atoms with E-state index in [-0.39, 0.29) is 13.2 Å². The van der Waals surface area contributed by atoms with Gasteiger partial charge in [0, 0.05) is 5.39 Å². The van der Waals surface area contributed by atoms with Crippen LogP contribution < -0.4 is 9.47 Å². The van der Waals surface area contributed by atoms with E-state index in [0.717, 1.165) is 50.1 Å². The van der Waals surface area contributed by atoms with Crippen LogP contribution in [-0.4, -0.2) is 24.3 Å². The summed E-state index contributed by atoms with van der Waals surface area (Å²) in [6, 6.07) is 33.9. The number of aliphatic hydroxyl groups is 2. The van der Waals surface area contributed by atoms with Gasteiger partial charge in [-0.25, -0.2) is 4.57 Å². The molecule has 0 saturated carbocycles. The summed E-state index contributed by atoms with van der Waals surface area (Å²) in [5.74, 6) is 1.06. The first-order chi connectivity index (χ1) is 17.5. The van der Waals surface area contributed by atoms with Crippen LogP contribution in [0.25, 0.3) is 44.3 Å². The largest absolute Gasteiger partial charge is 0.392 e. The maximum atomic E-state index is 9.91. The summed E-state index contributed by atoms with van der Waals surface area (Å²) in [6.07, 6.45) is 0.